The maximum absolute atomic E-state index is 11.6. The molecular weight excluding hydrogens is 252 g/mol. The van der Waals surface area contributed by atoms with Gasteiger partial charge in [0.1, 0.15) is 5.60 Å². The Bertz CT molecular complexity index is 514. The number of ether oxygens (including phenoxy) is 1. The Morgan fingerprint density at radius 2 is 2.05 bits per heavy atom. The number of nitrogens with one attached hydrogen (secondary N) is 1. The lowest BCUT2D eigenvalue weighted by Gasteiger charge is -2.18. The summed E-state index contributed by atoms with van der Waals surface area (Å²) in [6, 6.07) is 3.85. The molecular formula is C16H24N2O2. The number of esters is 1. The molecule has 0 heterocycles. The van der Waals surface area contributed by atoms with Crippen molar-refractivity contribution in [1.29, 1.82) is 0 Å². The van der Waals surface area contributed by atoms with Crippen LogP contribution in [0.4, 0.5) is 11.4 Å². The number of rotatable bonds is 4. The van der Waals surface area contributed by atoms with Gasteiger partial charge in [0, 0.05) is 12.6 Å². The molecule has 1 aromatic carbocycles. The van der Waals surface area contributed by atoms with Crippen LogP contribution in [-0.4, -0.2) is 18.1 Å². The second-order valence-corrected chi connectivity index (χ2v) is 5.64. The number of hydrogen-bond acceptors (Lipinski definition) is 4. The Labute approximate surface area is 121 Å². The topological polar surface area (TPSA) is 64.3 Å². The molecule has 0 aliphatic heterocycles. The standard InChI is InChI=1S/C16H24N2O2/c1-6-18-13-9-7-12(11(2)15(13)17)8-10-14(19)20-16(3,4)5/h7-10,18H,6,17H2,1-5H3/b10-8+. The normalized spacial score (nSPS) is 11.7. The van der Waals surface area contributed by atoms with E-state index in [0.29, 0.717) is 5.69 Å². The minimum absolute atomic E-state index is 0.355. The van der Waals surface area contributed by atoms with Gasteiger partial charge in [-0.15, -0.1) is 0 Å². The second-order valence-electron chi connectivity index (χ2n) is 5.64. The molecule has 1 aromatic rings. The fourth-order valence-electron chi connectivity index (χ4n) is 1.76. The van der Waals surface area contributed by atoms with E-state index in [1.54, 1.807) is 6.08 Å². The number of benzene rings is 1. The van der Waals surface area contributed by atoms with Crippen LogP contribution in [0.2, 0.25) is 0 Å². The largest absolute Gasteiger partial charge is 0.457 e. The average molecular weight is 276 g/mol. The van der Waals surface area contributed by atoms with E-state index in [2.05, 4.69) is 5.32 Å². The van der Waals surface area contributed by atoms with Gasteiger partial charge < -0.3 is 15.8 Å². The molecule has 0 unspecified atom stereocenters. The van der Waals surface area contributed by atoms with E-state index in [-0.39, 0.29) is 5.97 Å². The molecule has 0 saturated carbocycles. The number of anilines is 2. The minimum Gasteiger partial charge on any atom is -0.457 e. The van der Waals surface area contributed by atoms with E-state index < -0.39 is 5.60 Å². The Hall–Kier alpha value is -1.97. The molecule has 20 heavy (non-hydrogen) atoms. The van der Waals surface area contributed by atoms with Crippen molar-refractivity contribution in [1.82, 2.24) is 0 Å². The van der Waals surface area contributed by atoms with Crippen LogP contribution >= 0.6 is 0 Å². The monoisotopic (exact) mass is 276 g/mol. The number of nitrogen functional groups attached to an aromatic ring is 1. The highest BCUT2D eigenvalue weighted by Gasteiger charge is 2.14. The number of hydrogen-bond donors (Lipinski definition) is 2. The van der Waals surface area contributed by atoms with Gasteiger partial charge in [0.2, 0.25) is 0 Å². The van der Waals surface area contributed by atoms with Crippen molar-refractivity contribution < 1.29 is 9.53 Å². The molecule has 0 aromatic heterocycles. The Morgan fingerprint density at radius 1 is 1.40 bits per heavy atom. The predicted molar refractivity (Wildman–Crippen MR) is 84.6 cm³/mol. The van der Waals surface area contributed by atoms with Crippen molar-refractivity contribution in [3.8, 4) is 0 Å². The Morgan fingerprint density at radius 3 is 2.60 bits per heavy atom. The lowest BCUT2D eigenvalue weighted by molar-refractivity contribution is -0.148. The second kappa shape index (κ2) is 6.46. The smallest absolute Gasteiger partial charge is 0.331 e. The summed E-state index contributed by atoms with van der Waals surface area (Å²) >= 11 is 0. The molecule has 0 bridgehead atoms. The van der Waals surface area contributed by atoms with Gasteiger partial charge in [-0.2, -0.15) is 0 Å². The molecule has 0 aliphatic rings. The lowest BCUT2D eigenvalue weighted by atomic mass is 10.0. The first-order valence-corrected chi connectivity index (χ1v) is 6.78. The van der Waals surface area contributed by atoms with E-state index in [1.165, 1.54) is 6.08 Å². The van der Waals surface area contributed by atoms with Gasteiger partial charge in [0.05, 0.1) is 11.4 Å². The molecule has 0 aliphatic carbocycles. The number of nitrogens with two attached hydrogens (primary N) is 1. The van der Waals surface area contributed by atoms with E-state index in [0.717, 1.165) is 23.4 Å². The molecule has 0 atom stereocenters. The first kappa shape index (κ1) is 16.1. The molecule has 110 valence electrons. The van der Waals surface area contributed by atoms with E-state index in [9.17, 15) is 4.79 Å². The number of carbonyl (C=O) groups is 1. The van der Waals surface area contributed by atoms with Gasteiger partial charge in [-0.05, 0) is 57.9 Å². The highest BCUT2D eigenvalue weighted by atomic mass is 16.6. The van der Waals surface area contributed by atoms with Crippen molar-refractivity contribution in [3.05, 3.63) is 29.3 Å². The summed E-state index contributed by atoms with van der Waals surface area (Å²) in [5, 5.41) is 3.20. The minimum atomic E-state index is -0.482. The molecule has 4 heteroatoms. The van der Waals surface area contributed by atoms with Crippen LogP contribution in [0.3, 0.4) is 0 Å². The summed E-state index contributed by atoms with van der Waals surface area (Å²) in [4.78, 5) is 11.6. The van der Waals surface area contributed by atoms with Crippen molar-refractivity contribution in [2.24, 2.45) is 0 Å². The molecule has 0 radical (unpaired) electrons. The summed E-state index contributed by atoms with van der Waals surface area (Å²) in [7, 11) is 0. The van der Waals surface area contributed by atoms with E-state index in [1.807, 2.05) is 46.8 Å². The molecule has 0 saturated heterocycles. The van der Waals surface area contributed by atoms with E-state index >= 15 is 0 Å². The summed E-state index contributed by atoms with van der Waals surface area (Å²) in [6.45, 7) is 10.3. The maximum Gasteiger partial charge on any atom is 0.331 e. The molecule has 0 fully saturated rings. The summed E-state index contributed by atoms with van der Waals surface area (Å²) in [5.74, 6) is -0.355. The molecule has 4 nitrogen and oxygen atoms in total. The zero-order valence-corrected chi connectivity index (χ0v) is 12.9. The van der Waals surface area contributed by atoms with Crippen LogP contribution in [0, 0.1) is 6.92 Å². The maximum atomic E-state index is 11.6. The van der Waals surface area contributed by atoms with E-state index in [4.69, 9.17) is 10.5 Å². The molecule has 0 spiro atoms. The third-order valence-corrected chi connectivity index (χ3v) is 2.73. The van der Waals surface area contributed by atoms with Crippen LogP contribution in [0.1, 0.15) is 38.8 Å². The van der Waals surface area contributed by atoms with Gasteiger partial charge in [-0.3, -0.25) is 0 Å². The zero-order valence-electron chi connectivity index (χ0n) is 12.9. The zero-order chi connectivity index (χ0) is 15.3. The Kier molecular flexibility index (Phi) is 5.19. The van der Waals surface area contributed by atoms with Crippen LogP contribution in [0.5, 0.6) is 0 Å². The summed E-state index contributed by atoms with van der Waals surface area (Å²) in [5.41, 5.74) is 9.07. The fraction of sp³-hybridized carbons (Fsp3) is 0.438. The van der Waals surface area contributed by atoms with Gasteiger partial charge in [0.25, 0.3) is 0 Å². The predicted octanol–water partition coefficient (Wildman–Crippen LogP) is 3.36. The molecule has 3 N–H and O–H groups in total. The van der Waals surface area contributed by atoms with Crippen LogP contribution in [0.15, 0.2) is 18.2 Å². The summed E-state index contributed by atoms with van der Waals surface area (Å²) in [6.07, 6.45) is 3.16. The van der Waals surface area contributed by atoms with Gasteiger partial charge in [0.15, 0.2) is 0 Å². The van der Waals surface area contributed by atoms with Gasteiger partial charge in [-0.25, -0.2) is 4.79 Å². The van der Waals surface area contributed by atoms with Crippen molar-refractivity contribution >= 4 is 23.4 Å². The highest BCUT2D eigenvalue weighted by Crippen LogP contribution is 2.26. The van der Waals surface area contributed by atoms with Crippen LogP contribution < -0.4 is 11.1 Å². The molecule has 0 amide bonds. The first-order chi connectivity index (χ1) is 9.24. The Balaban J connectivity index is 2.88. The number of carbonyl (C=O) groups excluding carboxylic acids is 1. The van der Waals surface area contributed by atoms with Gasteiger partial charge >= 0.3 is 5.97 Å². The van der Waals surface area contributed by atoms with Crippen molar-refractivity contribution in [2.45, 2.75) is 40.2 Å². The SMILES string of the molecule is CCNc1ccc(/C=C/C(=O)OC(C)(C)C)c(C)c1N. The van der Waals surface area contributed by atoms with Crippen LogP contribution in [0.25, 0.3) is 6.08 Å². The van der Waals surface area contributed by atoms with Crippen molar-refractivity contribution in [2.75, 3.05) is 17.6 Å². The quantitative estimate of drug-likeness (QED) is 0.503. The highest BCUT2D eigenvalue weighted by molar-refractivity contribution is 5.88. The molecule has 1 rings (SSSR count). The third-order valence-electron chi connectivity index (χ3n) is 2.73. The third kappa shape index (κ3) is 4.61. The average Bonchev–Trinajstić information content (AvgIpc) is 2.32. The van der Waals surface area contributed by atoms with Gasteiger partial charge in [-0.1, -0.05) is 6.07 Å². The van der Waals surface area contributed by atoms with Crippen molar-refractivity contribution in [3.63, 3.8) is 0 Å². The lowest BCUT2D eigenvalue weighted by Crippen LogP contribution is -2.22. The fourth-order valence-corrected chi connectivity index (χ4v) is 1.76. The summed E-state index contributed by atoms with van der Waals surface area (Å²) < 4.78 is 5.22. The first-order valence-electron chi connectivity index (χ1n) is 6.78. The van der Waals surface area contributed by atoms with Crippen LogP contribution in [-0.2, 0) is 9.53 Å².